The molecule has 0 spiro atoms. The molecule has 6 N–H and O–H groups in total. The molecule has 2 fully saturated rings. The van der Waals surface area contributed by atoms with Crippen LogP contribution in [0.15, 0.2) is 9.95 Å². The molecule has 5 atom stereocenters. The van der Waals surface area contributed by atoms with Gasteiger partial charge in [-0.3, -0.25) is 18.9 Å². The molecule has 4 heterocycles. The Bertz CT molecular complexity index is 987. The molecular formula is C12H16N6NaO7PS. The number of rotatable bonds is 4. The van der Waals surface area contributed by atoms with Crippen LogP contribution in [-0.4, -0.2) is 61.8 Å². The average Bonchev–Trinajstić information content (AvgIpc) is 3.10. The number of phosphoric ester groups is 1. The van der Waals surface area contributed by atoms with Crippen molar-refractivity contribution in [3.05, 3.63) is 10.4 Å². The fourth-order valence-corrected chi connectivity index (χ4v) is 4.74. The molecule has 0 amide bonds. The number of imidazole rings is 1. The molecule has 16 heteroatoms. The Morgan fingerprint density at radius 3 is 2.93 bits per heavy atom. The summed E-state index contributed by atoms with van der Waals surface area (Å²) in [6, 6.07) is 0. The van der Waals surface area contributed by atoms with E-state index in [4.69, 9.17) is 20.7 Å². The van der Waals surface area contributed by atoms with E-state index in [-0.39, 0.29) is 53.3 Å². The minimum absolute atomic E-state index is 0. The first-order valence-electron chi connectivity index (χ1n) is 7.89. The van der Waals surface area contributed by atoms with E-state index in [9.17, 15) is 19.4 Å². The number of aromatic nitrogens is 4. The van der Waals surface area contributed by atoms with Crippen molar-refractivity contribution in [1.29, 1.82) is 0 Å². The molecule has 0 radical (unpaired) electrons. The molecule has 2 aliphatic heterocycles. The van der Waals surface area contributed by atoms with E-state index in [0.717, 1.165) is 0 Å². The summed E-state index contributed by atoms with van der Waals surface area (Å²) in [7, 11) is -4.52. The number of phosphoric acid groups is 1. The van der Waals surface area contributed by atoms with E-state index < -0.39 is 37.9 Å². The number of hydrogen-bond donors (Lipinski definition) is 4. The summed E-state index contributed by atoms with van der Waals surface area (Å²) in [5.74, 6) is 0.333. The van der Waals surface area contributed by atoms with Crippen molar-refractivity contribution in [2.45, 2.75) is 29.7 Å². The number of aromatic amines is 1. The number of thioether (sulfide) groups is 1. The summed E-state index contributed by atoms with van der Waals surface area (Å²) in [4.78, 5) is 34.4. The summed E-state index contributed by atoms with van der Waals surface area (Å²) in [5.41, 5.74) is 10.7. The zero-order chi connectivity index (χ0) is 19.3. The van der Waals surface area contributed by atoms with Crippen LogP contribution in [0.1, 0.15) is 6.23 Å². The molecule has 2 aromatic heterocycles. The largest absolute Gasteiger partial charge is 1.00 e. The van der Waals surface area contributed by atoms with E-state index >= 15 is 0 Å². The van der Waals surface area contributed by atoms with E-state index in [2.05, 4.69) is 19.5 Å². The van der Waals surface area contributed by atoms with Crippen molar-refractivity contribution < 1.29 is 57.9 Å². The number of nitrogens with one attached hydrogen (secondary N) is 1. The van der Waals surface area contributed by atoms with E-state index in [1.165, 1.54) is 16.3 Å². The SMILES string of the molecule is NCCSc1nc2c(=O)[nH]c(N)nc2n1[C@@H]1O[C@@H]2COP(=O)([O-])O[C@H]2[C@H]1O.[Na+]. The van der Waals surface area contributed by atoms with Crippen LogP contribution in [0.25, 0.3) is 11.2 Å². The number of hydrogen-bond acceptors (Lipinski definition) is 12. The van der Waals surface area contributed by atoms with Gasteiger partial charge in [-0.15, -0.1) is 0 Å². The monoisotopic (exact) mass is 442 g/mol. The number of aliphatic hydroxyl groups is 1. The van der Waals surface area contributed by atoms with Crippen LogP contribution >= 0.6 is 19.6 Å². The van der Waals surface area contributed by atoms with E-state index in [1.807, 2.05) is 0 Å². The molecule has 13 nitrogen and oxygen atoms in total. The Kier molecular flexibility index (Phi) is 6.59. The number of fused-ring (bicyclic) bond motifs is 2. The predicted octanol–water partition coefficient (Wildman–Crippen LogP) is -5.10. The number of H-pyrrole nitrogens is 1. The molecule has 0 aromatic carbocycles. The van der Waals surface area contributed by atoms with Crippen molar-refractivity contribution in [3.63, 3.8) is 0 Å². The van der Waals surface area contributed by atoms with E-state index in [0.29, 0.717) is 17.5 Å². The Hall–Kier alpha value is -0.510. The molecule has 28 heavy (non-hydrogen) atoms. The van der Waals surface area contributed by atoms with Gasteiger partial charge >= 0.3 is 29.6 Å². The van der Waals surface area contributed by atoms with Crippen LogP contribution in [0.4, 0.5) is 5.95 Å². The summed E-state index contributed by atoms with van der Waals surface area (Å²) in [6.45, 7) is 0.0441. The predicted molar refractivity (Wildman–Crippen MR) is 90.7 cm³/mol. The van der Waals surface area contributed by atoms with Gasteiger partial charge in [-0.05, 0) is 0 Å². The minimum atomic E-state index is -4.52. The molecule has 2 aliphatic rings. The molecule has 2 aromatic rings. The van der Waals surface area contributed by atoms with Gasteiger partial charge in [0, 0.05) is 12.3 Å². The first-order valence-corrected chi connectivity index (χ1v) is 10.3. The molecule has 1 unspecified atom stereocenters. The quantitative estimate of drug-likeness (QED) is 0.199. The number of ether oxygens (including phenoxy) is 1. The second-order valence-corrected chi connectivity index (χ2v) is 8.32. The van der Waals surface area contributed by atoms with Crippen molar-refractivity contribution in [1.82, 2.24) is 19.5 Å². The number of nitrogens with two attached hydrogens (primary N) is 2. The summed E-state index contributed by atoms with van der Waals surface area (Å²) >= 11 is 1.22. The van der Waals surface area contributed by atoms with Gasteiger partial charge in [-0.25, -0.2) is 4.98 Å². The summed E-state index contributed by atoms with van der Waals surface area (Å²) in [5, 5.41) is 11.0. The van der Waals surface area contributed by atoms with Crippen LogP contribution in [0, 0.1) is 0 Å². The third-order valence-electron chi connectivity index (χ3n) is 4.10. The maximum absolute atomic E-state index is 12.2. The maximum atomic E-state index is 12.2. The molecular weight excluding hydrogens is 426 g/mol. The number of aliphatic hydroxyl groups excluding tert-OH is 1. The summed E-state index contributed by atoms with van der Waals surface area (Å²) in [6.07, 6.45) is -4.47. The number of nitrogen functional groups attached to an aromatic ring is 1. The molecule has 148 valence electrons. The maximum Gasteiger partial charge on any atom is 1.00 e. The molecule has 0 bridgehead atoms. The first kappa shape index (κ1) is 22.2. The standard InChI is InChI=1S/C12H17N6O7PS.Na/c13-1-2-27-12-15-5-8(16-11(14)17-9(5)20)18(12)10-6(19)7-4(24-10)3-23-26(21,22)25-7;/h4,6-7,10,19H,1-3,13H2,(H,21,22)(H3,14,16,17,20);/q;+1/p-1/t4-,6-,7-,10-;/m1./s1. The van der Waals surface area contributed by atoms with Gasteiger partial charge in [0.05, 0.1) is 6.61 Å². The van der Waals surface area contributed by atoms with Crippen LogP contribution in [0.5, 0.6) is 0 Å². The van der Waals surface area contributed by atoms with Crippen LogP contribution in [-0.2, 0) is 18.3 Å². The Balaban J connectivity index is 0.00000225. The van der Waals surface area contributed by atoms with Crippen LogP contribution in [0.3, 0.4) is 0 Å². The van der Waals surface area contributed by atoms with Gasteiger partial charge in [0.25, 0.3) is 13.4 Å². The minimum Gasteiger partial charge on any atom is -0.756 e. The zero-order valence-electron chi connectivity index (χ0n) is 14.7. The molecule has 4 rings (SSSR count). The second-order valence-electron chi connectivity index (χ2n) is 5.89. The van der Waals surface area contributed by atoms with Gasteiger partial charge in [0.2, 0.25) is 5.95 Å². The van der Waals surface area contributed by atoms with E-state index in [1.54, 1.807) is 0 Å². The Morgan fingerprint density at radius 2 is 2.21 bits per heavy atom. The van der Waals surface area contributed by atoms with Crippen molar-refractivity contribution in [2.24, 2.45) is 5.73 Å². The third-order valence-corrected chi connectivity index (χ3v) is 6.05. The normalized spacial score (nSPS) is 32.2. The molecule has 0 saturated carbocycles. The van der Waals surface area contributed by atoms with Gasteiger partial charge in [-0.2, -0.15) is 4.98 Å². The zero-order valence-corrected chi connectivity index (χ0v) is 18.4. The first-order chi connectivity index (χ1) is 12.8. The topological polar surface area (TPSA) is 204 Å². The Morgan fingerprint density at radius 1 is 1.46 bits per heavy atom. The smallest absolute Gasteiger partial charge is 0.756 e. The fourth-order valence-electron chi connectivity index (χ4n) is 3.00. The number of anilines is 1. The average molecular weight is 442 g/mol. The van der Waals surface area contributed by atoms with Gasteiger partial charge in [0.1, 0.15) is 18.3 Å². The second kappa shape index (κ2) is 8.32. The van der Waals surface area contributed by atoms with Crippen LogP contribution < -0.4 is 51.5 Å². The summed E-state index contributed by atoms with van der Waals surface area (Å²) < 4.78 is 28.2. The van der Waals surface area contributed by atoms with Gasteiger partial charge < -0.3 is 35.3 Å². The van der Waals surface area contributed by atoms with Gasteiger partial charge in [0.15, 0.2) is 22.5 Å². The van der Waals surface area contributed by atoms with Crippen molar-refractivity contribution in [2.75, 3.05) is 24.6 Å². The van der Waals surface area contributed by atoms with Crippen LogP contribution in [0.2, 0.25) is 0 Å². The van der Waals surface area contributed by atoms with Crippen molar-refractivity contribution in [3.8, 4) is 0 Å². The molecule has 2 saturated heterocycles. The fraction of sp³-hybridized carbons (Fsp3) is 0.583. The van der Waals surface area contributed by atoms with Gasteiger partial charge in [-0.1, -0.05) is 11.8 Å². The number of nitrogens with zero attached hydrogens (tertiary/aromatic N) is 3. The molecule has 0 aliphatic carbocycles. The van der Waals surface area contributed by atoms with Crippen molar-refractivity contribution >= 4 is 36.7 Å². The Labute approximate surface area is 184 Å². The third kappa shape index (κ3) is 3.91.